The summed E-state index contributed by atoms with van der Waals surface area (Å²) in [6.45, 7) is 3.57. The van der Waals surface area contributed by atoms with E-state index in [2.05, 4.69) is 12.2 Å². The van der Waals surface area contributed by atoms with Crippen molar-refractivity contribution < 1.29 is 9.53 Å². The third kappa shape index (κ3) is 3.29. The van der Waals surface area contributed by atoms with Gasteiger partial charge in [-0.05, 0) is 25.2 Å². The maximum absolute atomic E-state index is 12.6. The van der Waals surface area contributed by atoms with Gasteiger partial charge >= 0.3 is 0 Å². The molecular formula is C16H25N3O2. The van der Waals surface area contributed by atoms with Gasteiger partial charge in [0.15, 0.2) is 0 Å². The minimum Gasteiger partial charge on any atom is -0.488 e. The Kier molecular flexibility index (Phi) is 4.73. The van der Waals surface area contributed by atoms with Gasteiger partial charge in [0.2, 0.25) is 0 Å². The van der Waals surface area contributed by atoms with Crippen molar-refractivity contribution in [3.63, 3.8) is 0 Å². The Bertz CT molecular complexity index is 516. The van der Waals surface area contributed by atoms with Crippen LogP contribution >= 0.6 is 0 Å². The van der Waals surface area contributed by atoms with Gasteiger partial charge in [0.1, 0.15) is 11.9 Å². The van der Waals surface area contributed by atoms with E-state index in [4.69, 9.17) is 4.74 Å². The van der Waals surface area contributed by atoms with Crippen molar-refractivity contribution in [3.8, 4) is 5.75 Å². The van der Waals surface area contributed by atoms with E-state index in [1.54, 1.807) is 4.90 Å². The molecule has 116 valence electrons. The standard InChI is InChI=1S/C16H25N3O2/c1-11-10-19(5)16(20)13-8-12(18(3)4)6-7-14(13)21-15(11)9-17-2/h6-8,11,15,17H,9-10H2,1-5H3/t11-,15-/m0/s1. The fraction of sp³-hybridized carbons (Fsp3) is 0.562. The maximum atomic E-state index is 12.6. The van der Waals surface area contributed by atoms with E-state index < -0.39 is 0 Å². The molecule has 21 heavy (non-hydrogen) atoms. The fourth-order valence-corrected chi connectivity index (χ4v) is 2.63. The zero-order chi connectivity index (χ0) is 15.6. The first kappa shape index (κ1) is 15.6. The molecule has 1 aromatic rings. The Labute approximate surface area is 126 Å². The highest BCUT2D eigenvalue weighted by Gasteiger charge is 2.28. The summed E-state index contributed by atoms with van der Waals surface area (Å²) >= 11 is 0. The zero-order valence-electron chi connectivity index (χ0n) is 13.5. The van der Waals surface area contributed by atoms with Gasteiger partial charge in [-0.3, -0.25) is 4.79 Å². The first-order valence-corrected chi connectivity index (χ1v) is 7.32. The number of amides is 1. The highest BCUT2D eigenvalue weighted by Crippen LogP contribution is 2.29. The predicted molar refractivity (Wildman–Crippen MR) is 85.2 cm³/mol. The summed E-state index contributed by atoms with van der Waals surface area (Å²) in [4.78, 5) is 16.4. The van der Waals surface area contributed by atoms with E-state index in [9.17, 15) is 4.79 Å². The summed E-state index contributed by atoms with van der Waals surface area (Å²) in [6.07, 6.45) is 0.0505. The predicted octanol–water partition coefficient (Wildman–Crippen LogP) is 1.44. The van der Waals surface area contributed by atoms with E-state index in [1.165, 1.54) is 0 Å². The summed E-state index contributed by atoms with van der Waals surface area (Å²) in [5, 5.41) is 3.17. The average molecular weight is 291 g/mol. The van der Waals surface area contributed by atoms with Gasteiger partial charge in [-0.1, -0.05) is 6.92 Å². The van der Waals surface area contributed by atoms with Gasteiger partial charge < -0.3 is 19.9 Å². The number of hydrogen-bond acceptors (Lipinski definition) is 4. The van der Waals surface area contributed by atoms with Crippen molar-refractivity contribution in [1.29, 1.82) is 0 Å². The first-order valence-electron chi connectivity index (χ1n) is 7.32. The number of likely N-dealkylation sites (N-methyl/N-ethyl adjacent to an activating group) is 1. The molecule has 0 aliphatic carbocycles. The second-order valence-corrected chi connectivity index (χ2v) is 5.95. The number of nitrogens with zero attached hydrogens (tertiary/aromatic N) is 2. The molecule has 0 radical (unpaired) electrons. The lowest BCUT2D eigenvalue weighted by atomic mass is 10.0. The number of hydrogen-bond donors (Lipinski definition) is 1. The summed E-state index contributed by atoms with van der Waals surface area (Å²) in [5.41, 5.74) is 1.63. The number of ether oxygens (including phenoxy) is 1. The van der Waals surface area contributed by atoms with Gasteiger partial charge in [-0.25, -0.2) is 0 Å². The van der Waals surface area contributed by atoms with Crippen molar-refractivity contribution in [2.45, 2.75) is 13.0 Å². The lowest BCUT2D eigenvalue weighted by Gasteiger charge is -2.33. The molecule has 1 heterocycles. The van der Waals surface area contributed by atoms with Crippen LogP contribution in [0.2, 0.25) is 0 Å². The number of anilines is 1. The van der Waals surface area contributed by atoms with Gasteiger partial charge in [0.05, 0.1) is 5.56 Å². The molecule has 1 aromatic carbocycles. The Balaban J connectivity index is 2.43. The van der Waals surface area contributed by atoms with Gasteiger partial charge in [-0.15, -0.1) is 0 Å². The van der Waals surface area contributed by atoms with Crippen LogP contribution in [0.5, 0.6) is 5.75 Å². The average Bonchev–Trinajstić information content (AvgIpc) is 2.45. The van der Waals surface area contributed by atoms with Crippen molar-refractivity contribution in [2.75, 3.05) is 46.2 Å². The minimum atomic E-state index is 0.0171. The van der Waals surface area contributed by atoms with Crippen LogP contribution in [0.1, 0.15) is 17.3 Å². The van der Waals surface area contributed by atoms with E-state index in [0.29, 0.717) is 17.9 Å². The van der Waals surface area contributed by atoms with E-state index >= 15 is 0 Å². The zero-order valence-corrected chi connectivity index (χ0v) is 13.5. The molecule has 0 saturated heterocycles. The molecular weight excluding hydrogens is 266 g/mol. The van der Waals surface area contributed by atoms with Crippen LogP contribution in [0, 0.1) is 5.92 Å². The van der Waals surface area contributed by atoms with Crippen LogP contribution in [-0.4, -0.2) is 58.2 Å². The van der Waals surface area contributed by atoms with Gasteiger partial charge in [0.25, 0.3) is 5.91 Å². The quantitative estimate of drug-likeness (QED) is 0.915. The van der Waals surface area contributed by atoms with Crippen LogP contribution < -0.4 is 15.0 Å². The van der Waals surface area contributed by atoms with Crippen LogP contribution in [0.4, 0.5) is 5.69 Å². The molecule has 0 bridgehead atoms. The van der Waals surface area contributed by atoms with E-state index in [0.717, 1.165) is 12.2 Å². The monoisotopic (exact) mass is 291 g/mol. The lowest BCUT2D eigenvalue weighted by molar-refractivity contribution is 0.0637. The van der Waals surface area contributed by atoms with Gasteiger partial charge in [-0.2, -0.15) is 0 Å². The van der Waals surface area contributed by atoms with Crippen LogP contribution in [0.3, 0.4) is 0 Å². The molecule has 0 saturated carbocycles. The third-order valence-corrected chi connectivity index (χ3v) is 3.94. The summed E-state index contributed by atoms with van der Waals surface area (Å²) < 4.78 is 6.11. The van der Waals surface area contributed by atoms with Crippen molar-refractivity contribution in [2.24, 2.45) is 5.92 Å². The maximum Gasteiger partial charge on any atom is 0.257 e. The number of rotatable bonds is 3. The van der Waals surface area contributed by atoms with E-state index in [1.807, 2.05) is 51.3 Å². The fourth-order valence-electron chi connectivity index (χ4n) is 2.63. The van der Waals surface area contributed by atoms with E-state index in [-0.39, 0.29) is 17.9 Å². The lowest BCUT2D eigenvalue weighted by Crippen LogP contribution is -2.44. The molecule has 0 spiro atoms. The molecule has 1 aliphatic rings. The molecule has 1 amide bonds. The highest BCUT2D eigenvalue weighted by molar-refractivity contribution is 5.98. The molecule has 0 aromatic heterocycles. The van der Waals surface area contributed by atoms with Crippen molar-refractivity contribution in [3.05, 3.63) is 23.8 Å². The molecule has 2 rings (SSSR count). The highest BCUT2D eigenvalue weighted by atomic mass is 16.5. The molecule has 2 atom stereocenters. The Morgan fingerprint density at radius 1 is 1.43 bits per heavy atom. The van der Waals surface area contributed by atoms with Crippen molar-refractivity contribution >= 4 is 11.6 Å². The molecule has 1 N–H and O–H groups in total. The Morgan fingerprint density at radius 2 is 2.14 bits per heavy atom. The molecule has 5 heteroatoms. The topological polar surface area (TPSA) is 44.8 Å². The summed E-state index contributed by atoms with van der Waals surface area (Å²) in [5.74, 6) is 0.959. The molecule has 0 unspecified atom stereocenters. The molecule has 0 fully saturated rings. The number of carbonyl (C=O) groups is 1. The van der Waals surface area contributed by atoms with Gasteiger partial charge in [0, 0.05) is 45.8 Å². The van der Waals surface area contributed by atoms with Crippen LogP contribution in [0.25, 0.3) is 0 Å². The Hall–Kier alpha value is -1.75. The largest absolute Gasteiger partial charge is 0.488 e. The molecule has 5 nitrogen and oxygen atoms in total. The SMILES string of the molecule is CNC[C@@H]1Oc2ccc(N(C)C)cc2C(=O)N(C)C[C@@H]1C. The number of carbonyl (C=O) groups excluding carboxylic acids is 1. The van der Waals surface area contributed by atoms with Crippen molar-refractivity contribution in [1.82, 2.24) is 10.2 Å². The number of benzene rings is 1. The number of nitrogens with one attached hydrogen (secondary N) is 1. The second kappa shape index (κ2) is 6.35. The summed E-state index contributed by atoms with van der Waals surface area (Å²) in [7, 11) is 7.70. The molecule has 1 aliphatic heterocycles. The minimum absolute atomic E-state index is 0.0171. The Morgan fingerprint density at radius 3 is 2.76 bits per heavy atom. The second-order valence-electron chi connectivity index (χ2n) is 5.95. The van der Waals surface area contributed by atoms with Crippen LogP contribution in [0.15, 0.2) is 18.2 Å². The smallest absolute Gasteiger partial charge is 0.257 e. The third-order valence-electron chi connectivity index (χ3n) is 3.94. The first-order chi connectivity index (χ1) is 9.93. The van der Waals surface area contributed by atoms with Crippen LogP contribution in [-0.2, 0) is 0 Å². The normalized spacial score (nSPS) is 22.1. The number of fused-ring (bicyclic) bond motifs is 1. The summed E-state index contributed by atoms with van der Waals surface area (Å²) in [6, 6.07) is 5.78.